The van der Waals surface area contributed by atoms with Gasteiger partial charge in [-0.05, 0) is 39.3 Å². The highest BCUT2D eigenvalue weighted by molar-refractivity contribution is 7.89. The zero-order valence-electron chi connectivity index (χ0n) is 13.6. The van der Waals surface area contributed by atoms with Gasteiger partial charge in [0.05, 0.1) is 4.90 Å². The highest BCUT2D eigenvalue weighted by Crippen LogP contribution is 2.15. The highest BCUT2D eigenvalue weighted by atomic mass is 32.2. The van der Waals surface area contributed by atoms with Crippen LogP contribution in [0.3, 0.4) is 0 Å². The molecule has 21 heavy (non-hydrogen) atoms. The van der Waals surface area contributed by atoms with Crippen molar-refractivity contribution in [1.29, 1.82) is 0 Å². The molecule has 6 heteroatoms. The molecule has 1 unspecified atom stereocenters. The van der Waals surface area contributed by atoms with Crippen molar-refractivity contribution in [3.63, 3.8) is 0 Å². The van der Waals surface area contributed by atoms with E-state index in [0.29, 0.717) is 11.4 Å². The molecule has 0 saturated carbocycles. The monoisotopic (exact) mass is 315 g/mol. The number of hydrogen-bond acceptors (Lipinski definition) is 3. The van der Waals surface area contributed by atoms with Gasteiger partial charge < -0.3 is 9.88 Å². The Bertz CT molecular complexity index is 523. The molecule has 0 aromatic carbocycles. The maximum Gasteiger partial charge on any atom is 0.242 e. The number of rotatable bonds is 10. The van der Waals surface area contributed by atoms with E-state index in [1.54, 1.807) is 12.3 Å². The molecule has 1 heterocycles. The first-order chi connectivity index (χ1) is 9.94. The first kappa shape index (κ1) is 18.2. The van der Waals surface area contributed by atoms with Crippen LogP contribution in [0.5, 0.6) is 0 Å². The summed E-state index contributed by atoms with van der Waals surface area (Å²) in [5, 5.41) is 3.32. The lowest BCUT2D eigenvalue weighted by molar-refractivity contribution is 0.543. The summed E-state index contributed by atoms with van der Waals surface area (Å²) in [7, 11) is -3.42. The smallest absolute Gasteiger partial charge is 0.242 e. The topological polar surface area (TPSA) is 63.1 Å². The zero-order chi connectivity index (χ0) is 15.9. The first-order valence-corrected chi connectivity index (χ1v) is 9.35. The largest absolute Gasteiger partial charge is 0.349 e. The van der Waals surface area contributed by atoms with Gasteiger partial charge in [0, 0.05) is 31.0 Å². The molecule has 1 aromatic rings. The molecule has 0 aliphatic rings. The third kappa shape index (κ3) is 5.45. The van der Waals surface area contributed by atoms with Crippen molar-refractivity contribution in [2.24, 2.45) is 0 Å². The maximum absolute atomic E-state index is 12.4. The van der Waals surface area contributed by atoms with Gasteiger partial charge in [-0.1, -0.05) is 20.3 Å². The number of hydrogen-bond donors (Lipinski definition) is 2. The second-order valence-corrected chi connectivity index (χ2v) is 7.15. The lowest BCUT2D eigenvalue weighted by Gasteiger charge is -2.12. The van der Waals surface area contributed by atoms with E-state index in [-0.39, 0.29) is 6.04 Å². The van der Waals surface area contributed by atoms with Crippen molar-refractivity contribution in [2.75, 3.05) is 6.54 Å². The Labute approximate surface area is 129 Å². The van der Waals surface area contributed by atoms with E-state index in [2.05, 4.69) is 23.9 Å². The number of nitrogens with zero attached hydrogens (tertiary/aromatic N) is 1. The van der Waals surface area contributed by atoms with Crippen molar-refractivity contribution in [3.05, 3.63) is 18.0 Å². The molecule has 122 valence electrons. The van der Waals surface area contributed by atoms with E-state index in [9.17, 15) is 8.42 Å². The quantitative estimate of drug-likeness (QED) is 0.652. The standard InChI is InChI=1S/C15H29N3O2S/c1-5-8-13(4)17-21(19,20)15-10-14(11-16-9-6-2)18(7-3)12-15/h10,12-13,16-17H,5-9,11H2,1-4H3. The number of aryl methyl sites for hydroxylation is 1. The van der Waals surface area contributed by atoms with Crippen LogP contribution in [0.1, 0.15) is 52.7 Å². The maximum atomic E-state index is 12.4. The third-order valence-electron chi connectivity index (χ3n) is 3.42. The van der Waals surface area contributed by atoms with Crippen LogP contribution in [-0.2, 0) is 23.1 Å². The summed E-state index contributed by atoms with van der Waals surface area (Å²) >= 11 is 0. The summed E-state index contributed by atoms with van der Waals surface area (Å²) in [4.78, 5) is 0.362. The Balaban J connectivity index is 2.86. The third-order valence-corrected chi connectivity index (χ3v) is 4.98. The molecule has 0 radical (unpaired) electrons. The fourth-order valence-corrected chi connectivity index (χ4v) is 3.67. The van der Waals surface area contributed by atoms with Crippen molar-refractivity contribution in [2.45, 2.75) is 71.0 Å². The van der Waals surface area contributed by atoms with Crippen molar-refractivity contribution >= 4 is 10.0 Å². The molecule has 1 atom stereocenters. The van der Waals surface area contributed by atoms with E-state index in [0.717, 1.165) is 38.0 Å². The van der Waals surface area contributed by atoms with E-state index in [1.807, 2.05) is 18.4 Å². The van der Waals surface area contributed by atoms with Crippen LogP contribution < -0.4 is 10.0 Å². The Morgan fingerprint density at radius 1 is 1.24 bits per heavy atom. The van der Waals surface area contributed by atoms with Crippen LogP contribution in [0.2, 0.25) is 0 Å². The van der Waals surface area contributed by atoms with E-state index in [4.69, 9.17) is 0 Å². The minimum absolute atomic E-state index is 0.0355. The Hall–Kier alpha value is -0.850. The average Bonchev–Trinajstić information content (AvgIpc) is 2.83. The van der Waals surface area contributed by atoms with E-state index >= 15 is 0 Å². The van der Waals surface area contributed by atoms with Gasteiger partial charge in [0.2, 0.25) is 10.0 Å². The summed E-state index contributed by atoms with van der Waals surface area (Å²) in [5.41, 5.74) is 1.01. The van der Waals surface area contributed by atoms with Crippen LogP contribution in [0, 0.1) is 0 Å². The Morgan fingerprint density at radius 2 is 1.95 bits per heavy atom. The first-order valence-electron chi connectivity index (χ1n) is 7.86. The molecule has 0 spiro atoms. The number of nitrogens with one attached hydrogen (secondary N) is 2. The molecular weight excluding hydrogens is 286 g/mol. The molecule has 0 amide bonds. The fourth-order valence-electron chi connectivity index (χ4n) is 2.33. The number of aromatic nitrogens is 1. The molecule has 2 N–H and O–H groups in total. The number of sulfonamides is 1. The predicted molar refractivity (Wildman–Crippen MR) is 86.8 cm³/mol. The van der Waals surface area contributed by atoms with Gasteiger partial charge in [-0.25, -0.2) is 13.1 Å². The molecule has 1 aromatic heterocycles. The molecule has 0 bridgehead atoms. The van der Waals surface area contributed by atoms with Crippen LogP contribution in [0.25, 0.3) is 0 Å². The molecule has 0 saturated heterocycles. The van der Waals surface area contributed by atoms with Gasteiger partial charge >= 0.3 is 0 Å². The molecule has 0 aliphatic carbocycles. The SMILES string of the molecule is CCCNCc1cc(S(=O)(=O)NC(C)CCC)cn1CC. The van der Waals surface area contributed by atoms with Gasteiger partial charge in [0.1, 0.15) is 0 Å². The molecule has 5 nitrogen and oxygen atoms in total. The summed E-state index contributed by atoms with van der Waals surface area (Å²) in [6, 6.07) is 1.74. The predicted octanol–water partition coefficient (Wildman–Crippen LogP) is 2.47. The van der Waals surface area contributed by atoms with Gasteiger partial charge in [0.15, 0.2) is 0 Å². The van der Waals surface area contributed by atoms with Gasteiger partial charge in [0.25, 0.3) is 0 Å². The van der Waals surface area contributed by atoms with Gasteiger partial charge in [-0.3, -0.25) is 0 Å². The van der Waals surface area contributed by atoms with Crippen molar-refractivity contribution in [1.82, 2.24) is 14.6 Å². The zero-order valence-corrected chi connectivity index (χ0v) is 14.5. The minimum atomic E-state index is -3.42. The average molecular weight is 315 g/mol. The molecule has 0 fully saturated rings. The Morgan fingerprint density at radius 3 is 2.52 bits per heavy atom. The van der Waals surface area contributed by atoms with Gasteiger partial charge in [-0.2, -0.15) is 0 Å². The van der Waals surface area contributed by atoms with Crippen LogP contribution in [-0.4, -0.2) is 25.6 Å². The van der Waals surface area contributed by atoms with E-state index in [1.165, 1.54) is 0 Å². The van der Waals surface area contributed by atoms with Crippen LogP contribution >= 0.6 is 0 Å². The second kappa shape index (κ2) is 8.56. The van der Waals surface area contributed by atoms with Crippen LogP contribution in [0.4, 0.5) is 0 Å². The van der Waals surface area contributed by atoms with Gasteiger partial charge in [-0.15, -0.1) is 0 Å². The van der Waals surface area contributed by atoms with Crippen molar-refractivity contribution in [3.8, 4) is 0 Å². The lowest BCUT2D eigenvalue weighted by atomic mass is 10.2. The summed E-state index contributed by atoms with van der Waals surface area (Å²) < 4.78 is 29.5. The highest BCUT2D eigenvalue weighted by Gasteiger charge is 2.20. The molecular formula is C15H29N3O2S. The lowest BCUT2D eigenvalue weighted by Crippen LogP contribution is -2.32. The summed E-state index contributed by atoms with van der Waals surface area (Å²) in [6.45, 7) is 10.5. The van der Waals surface area contributed by atoms with Crippen molar-refractivity contribution < 1.29 is 8.42 Å². The Kier molecular flexibility index (Phi) is 7.42. The van der Waals surface area contributed by atoms with Crippen LogP contribution in [0.15, 0.2) is 17.2 Å². The molecule has 1 rings (SSSR count). The second-order valence-electron chi connectivity index (χ2n) is 5.44. The van der Waals surface area contributed by atoms with E-state index < -0.39 is 10.0 Å². The normalized spacial score (nSPS) is 13.5. The molecule has 0 aliphatic heterocycles. The fraction of sp³-hybridized carbons (Fsp3) is 0.733. The summed E-state index contributed by atoms with van der Waals surface area (Å²) in [5.74, 6) is 0. The minimum Gasteiger partial charge on any atom is -0.349 e. The summed E-state index contributed by atoms with van der Waals surface area (Å²) in [6.07, 6.45) is 4.60.